The van der Waals surface area contributed by atoms with Crippen LogP contribution in [0.4, 0.5) is 0 Å². The van der Waals surface area contributed by atoms with Crippen LogP contribution in [0.15, 0.2) is 6.07 Å². The molecule has 0 spiro atoms. The number of aliphatic carboxylic acids is 1. The van der Waals surface area contributed by atoms with Gasteiger partial charge in [-0.25, -0.2) is 0 Å². The minimum Gasteiger partial charge on any atom is -0.481 e. The molecule has 2 unspecified atom stereocenters. The van der Waals surface area contributed by atoms with Gasteiger partial charge in [0.05, 0.1) is 10.9 Å². The van der Waals surface area contributed by atoms with Crippen molar-refractivity contribution in [3.8, 4) is 0 Å². The molecule has 0 saturated heterocycles. The molecule has 1 amide bonds. The van der Waals surface area contributed by atoms with Crippen LogP contribution < -0.4 is 5.32 Å². The standard InChI is InChI=1S/C12H14Cl2N2O3/c13-8-4-9(16-10(8)14)11(17)15-5-6-2-1-3-7(6)12(18)19/h4,6-7,16H,1-3,5H2,(H,15,17)(H,18,19). The zero-order valence-electron chi connectivity index (χ0n) is 10.1. The van der Waals surface area contributed by atoms with E-state index in [0.717, 1.165) is 12.8 Å². The van der Waals surface area contributed by atoms with Crippen LogP contribution in [0.2, 0.25) is 10.2 Å². The van der Waals surface area contributed by atoms with Crippen molar-refractivity contribution in [2.24, 2.45) is 11.8 Å². The quantitative estimate of drug-likeness (QED) is 0.799. The topological polar surface area (TPSA) is 82.2 Å². The number of halogens is 2. The third-order valence-electron chi connectivity index (χ3n) is 3.47. The molecule has 1 heterocycles. The van der Waals surface area contributed by atoms with E-state index in [1.54, 1.807) is 0 Å². The molecular formula is C12H14Cl2N2O3. The molecule has 19 heavy (non-hydrogen) atoms. The van der Waals surface area contributed by atoms with Crippen LogP contribution in [0.5, 0.6) is 0 Å². The monoisotopic (exact) mass is 304 g/mol. The van der Waals surface area contributed by atoms with Crippen molar-refractivity contribution < 1.29 is 14.7 Å². The first-order valence-corrected chi connectivity index (χ1v) is 6.79. The lowest BCUT2D eigenvalue weighted by atomic mass is 9.96. The van der Waals surface area contributed by atoms with Crippen LogP contribution in [0.1, 0.15) is 29.8 Å². The third kappa shape index (κ3) is 3.22. The number of amides is 1. The molecule has 0 radical (unpaired) electrons. The summed E-state index contributed by atoms with van der Waals surface area (Å²) >= 11 is 11.5. The van der Waals surface area contributed by atoms with Gasteiger partial charge in [-0.3, -0.25) is 9.59 Å². The summed E-state index contributed by atoms with van der Waals surface area (Å²) in [7, 11) is 0. The Labute approximate surface area is 120 Å². The second-order valence-electron chi connectivity index (χ2n) is 4.69. The van der Waals surface area contributed by atoms with E-state index < -0.39 is 5.97 Å². The minimum absolute atomic E-state index is 0.0117. The Kier molecular flexibility index (Phi) is 4.37. The van der Waals surface area contributed by atoms with Gasteiger partial charge in [0.15, 0.2) is 0 Å². The molecule has 0 aromatic carbocycles. The number of nitrogens with one attached hydrogen (secondary N) is 2. The molecule has 0 bridgehead atoms. The second kappa shape index (κ2) is 5.84. The average Bonchev–Trinajstić information content (AvgIpc) is 2.94. The van der Waals surface area contributed by atoms with E-state index in [1.165, 1.54) is 6.07 Å². The van der Waals surface area contributed by atoms with Gasteiger partial charge in [0.25, 0.3) is 5.91 Å². The van der Waals surface area contributed by atoms with E-state index in [-0.39, 0.29) is 33.6 Å². The number of hydrogen-bond donors (Lipinski definition) is 3. The Morgan fingerprint density at radius 3 is 2.74 bits per heavy atom. The highest BCUT2D eigenvalue weighted by molar-refractivity contribution is 6.41. The summed E-state index contributed by atoms with van der Waals surface area (Å²) in [6.07, 6.45) is 2.39. The van der Waals surface area contributed by atoms with Crippen molar-refractivity contribution in [2.75, 3.05) is 6.54 Å². The summed E-state index contributed by atoms with van der Waals surface area (Å²) in [4.78, 5) is 25.5. The van der Waals surface area contributed by atoms with Crippen LogP contribution in [-0.4, -0.2) is 28.5 Å². The fraction of sp³-hybridized carbons (Fsp3) is 0.500. The maximum atomic E-state index is 11.8. The highest BCUT2D eigenvalue weighted by atomic mass is 35.5. The predicted molar refractivity (Wildman–Crippen MR) is 71.6 cm³/mol. The number of aromatic amines is 1. The first-order chi connectivity index (χ1) is 8.99. The Morgan fingerprint density at radius 2 is 2.16 bits per heavy atom. The predicted octanol–water partition coefficient (Wildman–Crippen LogP) is 2.55. The van der Waals surface area contributed by atoms with E-state index in [2.05, 4.69) is 10.3 Å². The molecule has 2 rings (SSSR count). The fourth-order valence-corrected chi connectivity index (χ4v) is 2.76. The second-order valence-corrected chi connectivity index (χ2v) is 5.48. The van der Waals surface area contributed by atoms with E-state index in [1.807, 2.05) is 0 Å². The van der Waals surface area contributed by atoms with Crippen molar-refractivity contribution in [2.45, 2.75) is 19.3 Å². The summed E-state index contributed by atoms with van der Waals surface area (Å²) in [5, 5.41) is 12.3. The summed E-state index contributed by atoms with van der Waals surface area (Å²) in [5.74, 6) is -1.49. The highest BCUT2D eigenvalue weighted by Crippen LogP contribution is 2.31. The first kappa shape index (κ1) is 14.2. The van der Waals surface area contributed by atoms with Gasteiger partial charge in [-0.2, -0.15) is 0 Å². The SMILES string of the molecule is O=C(NCC1CCCC1C(=O)O)c1cc(Cl)c(Cl)[nH]1. The molecule has 5 nitrogen and oxygen atoms in total. The van der Waals surface area contributed by atoms with Gasteiger partial charge in [-0.05, 0) is 24.8 Å². The van der Waals surface area contributed by atoms with E-state index in [9.17, 15) is 9.59 Å². The third-order valence-corrected chi connectivity index (χ3v) is 4.16. The van der Waals surface area contributed by atoms with E-state index in [0.29, 0.717) is 13.0 Å². The summed E-state index contributed by atoms with van der Waals surface area (Å²) < 4.78 is 0. The maximum absolute atomic E-state index is 11.8. The van der Waals surface area contributed by atoms with Gasteiger partial charge in [0, 0.05) is 6.54 Å². The number of carbonyl (C=O) groups is 2. The van der Waals surface area contributed by atoms with Gasteiger partial charge < -0.3 is 15.4 Å². The molecular weight excluding hydrogens is 291 g/mol. The van der Waals surface area contributed by atoms with E-state index in [4.69, 9.17) is 28.3 Å². The van der Waals surface area contributed by atoms with Crippen molar-refractivity contribution in [3.05, 3.63) is 21.9 Å². The molecule has 1 aromatic rings. The summed E-state index contributed by atoms with van der Waals surface area (Å²) in [5.41, 5.74) is 0.278. The van der Waals surface area contributed by atoms with Gasteiger partial charge in [0.1, 0.15) is 10.8 Å². The van der Waals surface area contributed by atoms with Crippen molar-refractivity contribution in [3.63, 3.8) is 0 Å². The molecule has 1 fully saturated rings. The summed E-state index contributed by atoms with van der Waals surface area (Å²) in [6, 6.07) is 1.45. The first-order valence-electron chi connectivity index (χ1n) is 6.04. The molecule has 1 aliphatic carbocycles. The molecule has 1 saturated carbocycles. The van der Waals surface area contributed by atoms with Crippen molar-refractivity contribution in [1.82, 2.24) is 10.3 Å². The van der Waals surface area contributed by atoms with Crippen LogP contribution in [-0.2, 0) is 4.79 Å². The molecule has 0 aliphatic heterocycles. The average molecular weight is 305 g/mol. The lowest BCUT2D eigenvalue weighted by Gasteiger charge is -2.15. The smallest absolute Gasteiger partial charge is 0.306 e. The van der Waals surface area contributed by atoms with Crippen molar-refractivity contribution >= 4 is 35.1 Å². The van der Waals surface area contributed by atoms with Crippen LogP contribution in [0, 0.1) is 11.8 Å². The molecule has 2 atom stereocenters. The van der Waals surface area contributed by atoms with Gasteiger partial charge in [-0.1, -0.05) is 29.6 Å². The molecule has 1 aliphatic rings. The number of carboxylic acid groups (broad SMARTS) is 1. The molecule has 104 valence electrons. The Morgan fingerprint density at radius 1 is 1.42 bits per heavy atom. The number of aromatic nitrogens is 1. The Balaban J connectivity index is 1.91. The zero-order valence-corrected chi connectivity index (χ0v) is 11.6. The van der Waals surface area contributed by atoms with Gasteiger partial charge in [0.2, 0.25) is 0 Å². The van der Waals surface area contributed by atoms with Crippen LogP contribution >= 0.6 is 23.2 Å². The Bertz CT molecular complexity index is 482. The highest BCUT2D eigenvalue weighted by Gasteiger charge is 2.32. The number of carbonyl (C=O) groups excluding carboxylic acids is 1. The lowest BCUT2D eigenvalue weighted by molar-refractivity contribution is -0.142. The minimum atomic E-state index is -0.789. The van der Waals surface area contributed by atoms with E-state index >= 15 is 0 Å². The molecule has 3 N–H and O–H groups in total. The normalized spacial score (nSPS) is 22.4. The summed E-state index contributed by atoms with van der Waals surface area (Å²) in [6.45, 7) is 0.351. The maximum Gasteiger partial charge on any atom is 0.306 e. The fourth-order valence-electron chi connectivity index (χ4n) is 2.45. The Hall–Kier alpha value is -1.20. The zero-order chi connectivity index (χ0) is 14.0. The van der Waals surface area contributed by atoms with Gasteiger partial charge in [-0.15, -0.1) is 0 Å². The van der Waals surface area contributed by atoms with Crippen LogP contribution in [0.25, 0.3) is 0 Å². The number of hydrogen-bond acceptors (Lipinski definition) is 2. The largest absolute Gasteiger partial charge is 0.481 e. The number of rotatable bonds is 4. The molecule has 1 aromatic heterocycles. The van der Waals surface area contributed by atoms with Gasteiger partial charge >= 0.3 is 5.97 Å². The molecule has 7 heteroatoms. The lowest BCUT2D eigenvalue weighted by Crippen LogP contribution is -2.33. The van der Waals surface area contributed by atoms with Crippen molar-refractivity contribution in [1.29, 1.82) is 0 Å². The number of carboxylic acids is 1. The van der Waals surface area contributed by atoms with Crippen LogP contribution in [0.3, 0.4) is 0 Å². The number of H-pyrrole nitrogens is 1.